The van der Waals surface area contributed by atoms with Crippen LogP contribution in [0.5, 0.6) is 0 Å². The number of nitrogens with zero attached hydrogens (tertiary/aromatic N) is 2. The highest BCUT2D eigenvalue weighted by Crippen LogP contribution is 2.20. The molecule has 24 heavy (non-hydrogen) atoms. The Morgan fingerprint density at radius 3 is 2.83 bits per heavy atom. The van der Waals surface area contributed by atoms with Crippen molar-refractivity contribution in [3.05, 3.63) is 30.1 Å². The van der Waals surface area contributed by atoms with E-state index in [1.54, 1.807) is 18.7 Å². The van der Waals surface area contributed by atoms with Crippen LogP contribution >= 0.6 is 11.8 Å². The lowest BCUT2D eigenvalue weighted by Gasteiger charge is -2.29. The number of carbonyl (C=O) groups excluding carboxylic acids is 1. The van der Waals surface area contributed by atoms with Crippen LogP contribution in [0.3, 0.4) is 0 Å². The average molecular weight is 350 g/mol. The maximum Gasteiger partial charge on any atom is 0.240 e. The number of thioether (sulfide) groups is 1. The van der Waals surface area contributed by atoms with E-state index in [1.165, 1.54) is 0 Å². The van der Waals surface area contributed by atoms with Gasteiger partial charge in [0.05, 0.1) is 22.4 Å². The summed E-state index contributed by atoms with van der Waals surface area (Å²) in [7, 11) is 0. The third kappa shape index (κ3) is 4.30. The van der Waals surface area contributed by atoms with Gasteiger partial charge in [-0.25, -0.2) is 4.98 Å². The Balaban J connectivity index is 2.11. The molecular formula is C18H27N3O2S. The second-order valence-corrected chi connectivity index (χ2v) is 7.35. The van der Waals surface area contributed by atoms with E-state index < -0.39 is 5.60 Å². The van der Waals surface area contributed by atoms with Gasteiger partial charge in [-0.2, -0.15) is 11.8 Å². The van der Waals surface area contributed by atoms with Gasteiger partial charge < -0.3 is 15.0 Å². The van der Waals surface area contributed by atoms with Gasteiger partial charge in [0.2, 0.25) is 5.91 Å². The second kappa shape index (κ2) is 8.03. The monoisotopic (exact) mass is 349 g/mol. The fourth-order valence-electron chi connectivity index (χ4n) is 2.63. The lowest BCUT2D eigenvalue weighted by Crippen LogP contribution is -2.45. The van der Waals surface area contributed by atoms with Crippen molar-refractivity contribution in [1.82, 2.24) is 14.9 Å². The van der Waals surface area contributed by atoms with Gasteiger partial charge in [-0.15, -0.1) is 0 Å². The lowest BCUT2D eigenvalue weighted by molar-refractivity contribution is -0.123. The van der Waals surface area contributed by atoms with Crippen molar-refractivity contribution in [3.63, 3.8) is 0 Å². The molecule has 2 atom stereocenters. The van der Waals surface area contributed by atoms with E-state index in [-0.39, 0.29) is 24.9 Å². The van der Waals surface area contributed by atoms with Crippen molar-refractivity contribution in [1.29, 1.82) is 0 Å². The van der Waals surface area contributed by atoms with E-state index in [0.29, 0.717) is 0 Å². The summed E-state index contributed by atoms with van der Waals surface area (Å²) in [4.78, 5) is 17.0. The molecule has 0 spiro atoms. The Hall–Kier alpha value is -1.53. The molecule has 1 amide bonds. The maximum absolute atomic E-state index is 12.4. The highest BCUT2D eigenvalue weighted by molar-refractivity contribution is 7.97. The fourth-order valence-corrected chi connectivity index (χ4v) is 3.11. The Bertz CT molecular complexity index is 697. The Morgan fingerprint density at radius 2 is 2.17 bits per heavy atom. The molecule has 0 radical (unpaired) electrons. The van der Waals surface area contributed by atoms with Crippen LogP contribution in [0.2, 0.25) is 0 Å². The smallest absolute Gasteiger partial charge is 0.240 e. The maximum atomic E-state index is 12.4. The van der Waals surface area contributed by atoms with Crippen LogP contribution in [0, 0.1) is 5.92 Å². The molecule has 0 saturated carbocycles. The molecular weight excluding hydrogens is 322 g/mol. The van der Waals surface area contributed by atoms with Crippen LogP contribution in [-0.4, -0.2) is 39.0 Å². The quantitative estimate of drug-likeness (QED) is 0.769. The van der Waals surface area contributed by atoms with Gasteiger partial charge in [0, 0.05) is 6.54 Å². The van der Waals surface area contributed by atoms with Crippen molar-refractivity contribution in [2.45, 2.75) is 45.1 Å². The zero-order chi connectivity index (χ0) is 17.7. The number of aliphatic hydroxyl groups is 1. The number of hydrogen-bond acceptors (Lipinski definition) is 4. The van der Waals surface area contributed by atoms with Gasteiger partial charge in [-0.3, -0.25) is 4.79 Å². The molecule has 2 rings (SSSR count). The number of rotatable bonds is 8. The first kappa shape index (κ1) is 18.8. The number of para-hydroxylation sites is 2. The van der Waals surface area contributed by atoms with Crippen molar-refractivity contribution in [2.75, 3.05) is 12.8 Å². The molecule has 1 heterocycles. The third-order valence-corrected chi connectivity index (χ3v) is 5.17. The lowest BCUT2D eigenvalue weighted by atomic mass is 9.89. The number of benzene rings is 1. The molecule has 0 fully saturated rings. The molecule has 2 N–H and O–H groups in total. The van der Waals surface area contributed by atoms with E-state index in [9.17, 15) is 9.90 Å². The molecule has 132 valence electrons. The number of carbonyl (C=O) groups is 1. The molecule has 1 aromatic heterocycles. The number of hydrogen-bond donors (Lipinski definition) is 2. The van der Waals surface area contributed by atoms with E-state index in [2.05, 4.69) is 10.3 Å². The normalized spacial score (nSPS) is 15.2. The molecule has 5 nitrogen and oxygen atoms in total. The van der Waals surface area contributed by atoms with Crippen LogP contribution in [0.4, 0.5) is 0 Å². The van der Waals surface area contributed by atoms with E-state index in [4.69, 9.17) is 0 Å². The molecule has 6 heteroatoms. The van der Waals surface area contributed by atoms with E-state index >= 15 is 0 Å². The summed E-state index contributed by atoms with van der Waals surface area (Å²) < 4.78 is 1.96. The number of imidazole rings is 1. The summed E-state index contributed by atoms with van der Waals surface area (Å²) in [5.41, 5.74) is 0.968. The van der Waals surface area contributed by atoms with Crippen molar-refractivity contribution < 1.29 is 9.90 Å². The van der Waals surface area contributed by atoms with Crippen LogP contribution in [0.25, 0.3) is 11.0 Å². The van der Waals surface area contributed by atoms with Gasteiger partial charge in [0.1, 0.15) is 12.4 Å². The number of amides is 1. The third-order valence-electron chi connectivity index (χ3n) is 4.63. The van der Waals surface area contributed by atoms with Crippen molar-refractivity contribution in [3.8, 4) is 0 Å². The molecule has 1 aromatic carbocycles. The SMILES string of the molecule is CCC(C)C(C)(O)CNC(=O)Cn1c(CSC)nc2ccccc21. The van der Waals surface area contributed by atoms with E-state index in [1.807, 2.05) is 48.9 Å². The largest absolute Gasteiger partial charge is 0.388 e. The van der Waals surface area contributed by atoms with Gasteiger partial charge >= 0.3 is 0 Å². The van der Waals surface area contributed by atoms with Crippen LogP contribution in [-0.2, 0) is 17.1 Å². The number of nitrogens with one attached hydrogen (secondary N) is 1. The first-order chi connectivity index (χ1) is 11.4. The molecule has 2 unspecified atom stereocenters. The van der Waals surface area contributed by atoms with Gasteiger partial charge in [-0.1, -0.05) is 32.4 Å². The number of aromatic nitrogens is 2. The van der Waals surface area contributed by atoms with Gasteiger partial charge in [0.25, 0.3) is 0 Å². The summed E-state index contributed by atoms with van der Waals surface area (Å²) in [5.74, 6) is 1.67. The fraction of sp³-hybridized carbons (Fsp3) is 0.556. The van der Waals surface area contributed by atoms with Crippen LogP contribution in [0.1, 0.15) is 33.0 Å². The highest BCUT2D eigenvalue weighted by Gasteiger charge is 2.27. The Morgan fingerprint density at radius 1 is 1.46 bits per heavy atom. The molecule has 2 aromatic rings. The first-order valence-electron chi connectivity index (χ1n) is 8.31. The standard InChI is InChI=1S/C18H27N3O2S/c1-5-13(2)18(3,23)12-19-17(22)10-21-15-9-7-6-8-14(15)20-16(21)11-24-4/h6-9,13,23H,5,10-12H2,1-4H3,(H,19,22). The van der Waals surface area contributed by atoms with Crippen molar-refractivity contribution in [2.24, 2.45) is 5.92 Å². The minimum atomic E-state index is -0.899. The number of fused-ring (bicyclic) bond motifs is 1. The summed E-state index contributed by atoms with van der Waals surface area (Å²) in [6.45, 7) is 6.27. The molecule has 0 aliphatic carbocycles. The second-order valence-electron chi connectivity index (χ2n) is 6.48. The van der Waals surface area contributed by atoms with Crippen LogP contribution < -0.4 is 5.32 Å². The average Bonchev–Trinajstić information content (AvgIpc) is 2.90. The highest BCUT2D eigenvalue weighted by atomic mass is 32.2. The van der Waals surface area contributed by atoms with Crippen LogP contribution in [0.15, 0.2) is 24.3 Å². The Kier molecular flexibility index (Phi) is 6.29. The predicted molar refractivity (Wildman–Crippen MR) is 100 cm³/mol. The zero-order valence-corrected chi connectivity index (χ0v) is 15.7. The Labute approximate surface area is 147 Å². The molecule has 0 aliphatic rings. The molecule has 0 bridgehead atoms. The summed E-state index contributed by atoms with van der Waals surface area (Å²) in [6.07, 6.45) is 2.89. The summed E-state index contributed by atoms with van der Waals surface area (Å²) >= 11 is 1.68. The molecule has 0 aliphatic heterocycles. The van der Waals surface area contributed by atoms with E-state index in [0.717, 1.165) is 29.0 Å². The predicted octanol–water partition coefficient (Wildman–Crippen LogP) is 2.81. The van der Waals surface area contributed by atoms with Gasteiger partial charge in [-0.05, 0) is 31.2 Å². The first-order valence-corrected chi connectivity index (χ1v) is 9.70. The summed E-state index contributed by atoms with van der Waals surface area (Å²) in [6, 6.07) is 7.84. The molecule has 0 saturated heterocycles. The topological polar surface area (TPSA) is 67.2 Å². The van der Waals surface area contributed by atoms with Gasteiger partial charge in [0.15, 0.2) is 0 Å². The zero-order valence-electron chi connectivity index (χ0n) is 14.9. The summed E-state index contributed by atoms with van der Waals surface area (Å²) in [5, 5.41) is 13.3. The van der Waals surface area contributed by atoms with Crippen molar-refractivity contribution >= 4 is 28.7 Å². The minimum absolute atomic E-state index is 0.107. The minimum Gasteiger partial charge on any atom is -0.388 e.